The van der Waals surface area contributed by atoms with Crippen molar-refractivity contribution >= 4 is 17.5 Å². The van der Waals surface area contributed by atoms with Crippen LogP contribution in [0.5, 0.6) is 5.75 Å². The largest absolute Gasteiger partial charge is 0.496 e. The second-order valence-electron chi connectivity index (χ2n) is 3.42. The van der Waals surface area contributed by atoms with Crippen molar-refractivity contribution in [3.63, 3.8) is 0 Å². The maximum atomic E-state index is 11.8. The lowest BCUT2D eigenvalue weighted by Crippen LogP contribution is -2.29. The Kier molecular flexibility index (Phi) is 5.12. The first-order valence-corrected chi connectivity index (χ1v) is 5.68. The molecule has 0 heterocycles. The molecule has 0 fully saturated rings. The van der Waals surface area contributed by atoms with Crippen molar-refractivity contribution in [1.29, 1.82) is 0 Å². The minimum atomic E-state index is -0.156. The summed E-state index contributed by atoms with van der Waals surface area (Å²) in [7, 11) is 1.54. The number of alkyl halides is 1. The molecule has 88 valence electrons. The van der Waals surface area contributed by atoms with E-state index in [1.807, 2.05) is 13.0 Å². The molecular weight excluding hydrogens is 226 g/mol. The van der Waals surface area contributed by atoms with Crippen molar-refractivity contribution in [2.75, 3.05) is 13.7 Å². The minimum absolute atomic E-state index is 0.0290. The van der Waals surface area contributed by atoms with E-state index in [1.54, 1.807) is 25.3 Å². The van der Waals surface area contributed by atoms with Crippen LogP contribution in [0.25, 0.3) is 0 Å². The number of nitrogens with one attached hydrogen (secondary N) is 1. The number of halogens is 1. The number of methoxy groups -OCH3 is 1. The summed E-state index contributed by atoms with van der Waals surface area (Å²) in [6, 6.07) is 7.11. The number of ether oxygens (including phenoxy) is 1. The Bertz CT molecular complexity index is 355. The van der Waals surface area contributed by atoms with Gasteiger partial charge in [-0.2, -0.15) is 0 Å². The summed E-state index contributed by atoms with van der Waals surface area (Å²) in [6.07, 6.45) is 0.827. The molecule has 0 aromatic heterocycles. The van der Waals surface area contributed by atoms with Crippen LogP contribution >= 0.6 is 11.6 Å². The van der Waals surface area contributed by atoms with Crippen molar-refractivity contribution in [2.24, 2.45) is 0 Å². The van der Waals surface area contributed by atoms with Crippen LogP contribution in [0.2, 0.25) is 0 Å². The van der Waals surface area contributed by atoms with Gasteiger partial charge in [-0.05, 0) is 18.6 Å². The number of rotatable bonds is 5. The van der Waals surface area contributed by atoms with Gasteiger partial charge in [-0.25, -0.2) is 0 Å². The summed E-state index contributed by atoms with van der Waals surface area (Å²) >= 11 is 5.92. The Morgan fingerprint density at radius 2 is 2.19 bits per heavy atom. The van der Waals surface area contributed by atoms with Crippen molar-refractivity contribution in [3.05, 3.63) is 29.8 Å². The number of hydrogen-bond donors (Lipinski definition) is 1. The van der Waals surface area contributed by atoms with Crippen LogP contribution < -0.4 is 10.1 Å². The van der Waals surface area contributed by atoms with E-state index in [2.05, 4.69) is 5.32 Å². The summed E-state index contributed by atoms with van der Waals surface area (Å²) in [4.78, 5) is 11.8. The molecular formula is C12H16ClNO2. The molecule has 1 rings (SSSR count). The molecule has 0 spiro atoms. The summed E-state index contributed by atoms with van der Waals surface area (Å²) in [6.45, 7) is 2.45. The third kappa shape index (κ3) is 3.42. The monoisotopic (exact) mass is 241 g/mol. The van der Waals surface area contributed by atoms with E-state index < -0.39 is 0 Å². The highest BCUT2D eigenvalue weighted by Gasteiger charge is 2.11. The summed E-state index contributed by atoms with van der Waals surface area (Å²) in [5.41, 5.74) is 0.532. The van der Waals surface area contributed by atoms with Crippen molar-refractivity contribution in [3.8, 4) is 5.75 Å². The zero-order valence-corrected chi connectivity index (χ0v) is 10.3. The predicted octanol–water partition coefficient (Wildman–Crippen LogP) is 2.44. The molecule has 1 atom stereocenters. The van der Waals surface area contributed by atoms with Gasteiger partial charge >= 0.3 is 0 Å². The number of carbonyl (C=O) groups is 1. The van der Waals surface area contributed by atoms with Crippen LogP contribution in [-0.2, 0) is 0 Å². The van der Waals surface area contributed by atoms with Crippen LogP contribution in [0.15, 0.2) is 24.3 Å². The van der Waals surface area contributed by atoms with Gasteiger partial charge in [0.2, 0.25) is 0 Å². The van der Waals surface area contributed by atoms with Gasteiger partial charge in [0.25, 0.3) is 5.91 Å². The molecule has 0 aliphatic heterocycles. The molecule has 0 radical (unpaired) electrons. The van der Waals surface area contributed by atoms with Gasteiger partial charge in [0.15, 0.2) is 0 Å². The molecule has 1 amide bonds. The summed E-state index contributed by atoms with van der Waals surface area (Å²) in [5.74, 6) is 0.416. The Morgan fingerprint density at radius 1 is 1.50 bits per heavy atom. The molecule has 0 aliphatic carbocycles. The van der Waals surface area contributed by atoms with E-state index >= 15 is 0 Å². The van der Waals surface area contributed by atoms with E-state index in [0.717, 1.165) is 6.42 Å². The van der Waals surface area contributed by atoms with Gasteiger partial charge < -0.3 is 10.1 Å². The van der Waals surface area contributed by atoms with Gasteiger partial charge in [-0.3, -0.25) is 4.79 Å². The average molecular weight is 242 g/mol. The Hall–Kier alpha value is -1.22. The fourth-order valence-electron chi connectivity index (χ4n) is 1.28. The first kappa shape index (κ1) is 12.8. The topological polar surface area (TPSA) is 38.3 Å². The zero-order valence-electron chi connectivity index (χ0n) is 9.50. The van der Waals surface area contributed by atoms with E-state index in [0.29, 0.717) is 17.9 Å². The maximum Gasteiger partial charge on any atom is 0.255 e. The normalized spacial score (nSPS) is 11.9. The molecule has 0 aliphatic rings. The molecule has 0 bridgehead atoms. The standard InChI is InChI=1S/C12H16ClNO2/c1-3-9(13)8-14-12(15)10-6-4-5-7-11(10)16-2/h4-7,9H,3,8H2,1-2H3,(H,14,15). The quantitative estimate of drug-likeness (QED) is 0.805. The molecule has 0 saturated heterocycles. The first-order valence-electron chi connectivity index (χ1n) is 5.24. The lowest BCUT2D eigenvalue weighted by molar-refractivity contribution is 0.0950. The van der Waals surface area contributed by atoms with Crippen molar-refractivity contribution in [2.45, 2.75) is 18.7 Å². The highest BCUT2D eigenvalue weighted by atomic mass is 35.5. The van der Waals surface area contributed by atoms with E-state index in [9.17, 15) is 4.79 Å². The number of hydrogen-bond acceptors (Lipinski definition) is 2. The van der Waals surface area contributed by atoms with Gasteiger partial charge in [-0.15, -0.1) is 11.6 Å². The summed E-state index contributed by atoms with van der Waals surface area (Å²) in [5, 5.41) is 2.74. The number of amides is 1. The Morgan fingerprint density at radius 3 is 2.81 bits per heavy atom. The molecule has 16 heavy (non-hydrogen) atoms. The molecule has 0 saturated carbocycles. The Balaban J connectivity index is 2.65. The highest BCUT2D eigenvalue weighted by molar-refractivity contribution is 6.20. The average Bonchev–Trinajstić information content (AvgIpc) is 2.35. The Labute approximate surface area is 101 Å². The molecule has 1 aromatic carbocycles. The van der Waals surface area contributed by atoms with Crippen LogP contribution in [-0.4, -0.2) is 24.9 Å². The van der Waals surface area contributed by atoms with Gasteiger partial charge in [-0.1, -0.05) is 19.1 Å². The van der Waals surface area contributed by atoms with Crippen LogP contribution in [0, 0.1) is 0 Å². The number of carbonyl (C=O) groups excluding carboxylic acids is 1. The van der Waals surface area contributed by atoms with E-state index in [1.165, 1.54) is 0 Å². The zero-order chi connectivity index (χ0) is 12.0. The molecule has 1 N–H and O–H groups in total. The second-order valence-corrected chi connectivity index (χ2v) is 4.03. The second kappa shape index (κ2) is 6.38. The van der Waals surface area contributed by atoms with Gasteiger partial charge in [0, 0.05) is 6.54 Å². The minimum Gasteiger partial charge on any atom is -0.496 e. The lowest BCUT2D eigenvalue weighted by Gasteiger charge is -2.10. The molecule has 4 heteroatoms. The molecule has 3 nitrogen and oxygen atoms in total. The van der Waals surface area contributed by atoms with Crippen LogP contribution in [0.4, 0.5) is 0 Å². The number of para-hydroxylation sites is 1. The third-order valence-electron chi connectivity index (χ3n) is 2.28. The van der Waals surface area contributed by atoms with Crippen LogP contribution in [0.3, 0.4) is 0 Å². The summed E-state index contributed by atoms with van der Waals surface area (Å²) < 4.78 is 5.11. The molecule has 1 unspecified atom stereocenters. The van der Waals surface area contributed by atoms with Gasteiger partial charge in [0.05, 0.1) is 18.1 Å². The maximum absolute atomic E-state index is 11.8. The van der Waals surface area contributed by atoms with E-state index in [4.69, 9.17) is 16.3 Å². The third-order valence-corrected chi connectivity index (χ3v) is 2.74. The molecule has 1 aromatic rings. The highest BCUT2D eigenvalue weighted by Crippen LogP contribution is 2.16. The van der Waals surface area contributed by atoms with Crippen LogP contribution in [0.1, 0.15) is 23.7 Å². The fourth-order valence-corrected chi connectivity index (χ4v) is 1.35. The first-order chi connectivity index (χ1) is 7.69. The SMILES string of the molecule is CCC(Cl)CNC(=O)c1ccccc1OC. The van der Waals surface area contributed by atoms with Gasteiger partial charge in [0.1, 0.15) is 5.75 Å². The van der Waals surface area contributed by atoms with E-state index in [-0.39, 0.29) is 11.3 Å². The smallest absolute Gasteiger partial charge is 0.255 e. The lowest BCUT2D eigenvalue weighted by atomic mass is 10.2. The number of benzene rings is 1. The van der Waals surface area contributed by atoms with Crippen molar-refractivity contribution < 1.29 is 9.53 Å². The van der Waals surface area contributed by atoms with Crippen molar-refractivity contribution in [1.82, 2.24) is 5.32 Å². The predicted molar refractivity (Wildman–Crippen MR) is 65.3 cm³/mol. The fraction of sp³-hybridized carbons (Fsp3) is 0.417.